The maximum Gasteiger partial charge on any atom is 0.326 e. The van der Waals surface area contributed by atoms with Crippen molar-refractivity contribution in [3.8, 4) is 0 Å². The van der Waals surface area contributed by atoms with Gasteiger partial charge in [-0.1, -0.05) is 60.7 Å². The van der Waals surface area contributed by atoms with Crippen molar-refractivity contribution in [1.82, 2.24) is 57.2 Å². The third kappa shape index (κ3) is 20.9. The minimum Gasteiger partial charge on any atom is -0.481 e. The average molecular weight is 1080 g/mol. The van der Waals surface area contributed by atoms with E-state index in [9.17, 15) is 58.2 Å². The van der Waals surface area contributed by atoms with Gasteiger partial charge in [-0.15, -0.1) is 0 Å². The van der Waals surface area contributed by atoms with Crippen LogP contribution in [-0.4, -0.2) is 167 Å². The molecule has 0 spiro atoms. The largest absolute Gasteiger partial charge is 0.481 e. The lowest BCUT2D eigenvalue weighted by molar-refractivity contribution is -0.142. The van der Waals surface area contributed by atoms with Crippen LogP contribution >= 0.6 is 23.5 Å². The number of amides is 7. The molecular weight excluding hydrogens is 1020 g/mol. The van der Waals surface area contributed by atoms with Crippen LogP contribution in [0.5, 0.6) is 0 Å². The Morgan fingerprint density at radius 3 is 1.21 bits per heavy atom. The number of carboxylic acid groups (broad SMARTS) is 3. The lowest BCUT2D eigenvalue weighted by Gasteiger charge is -2.27. The van der Waals surface area contributed by atoms with Crippen molar-refractivity contribution in [2.24, 2.45) is 5.73 Å². The molecule has 7 amide bonds. The maximum atomic E-state index is 14.4. The molecule has 0 unspecified atom stereocenters. The number of nitrogens with zero attached hydrogens (tertiary/aromatic N) is 2. The van der Waals surface area contributed by atoms with Crippen LogP contribution in [0.3, 0.4) is 0 Å². The maximum absolute atomic E-state index is 14.4. The van der Waals surface area contributed by atoms with Crippen molar-refractivity contribution in [2.75, 3.05) is 24.0 Å². The number of carboxylic acids is 3. The molecule has 0 radical (unpaired) electrons. The molecule has 4 aromatic rings. The molecule has 0 saturated heterocycles. The Labute approximate surface area is 439 Å². The lowest BCUT2D eigenvalue weighted by Crippen LogP contribution is -2.61. The number of hydrogen-bond donors (Lipinski definition) is 13. The molecule has 2 heterocycles. The fraction of sp³-hybridized carbons (Fsp3) is 0.417. The molecule has 8 atom stereocenters. The summed E-state index contributed by atoms with van der Waals surface area (Å²) in [7, 11) is 0. The number of imidazole rings is 2. The van der Waals surface area contributed by atoms with Gasteiger partial charge in [-0.05, 0) is 48.0 Å². The molecule has 404 valence electrons. The molecule has 25 nitrogen and oxygen atoms in total. The summed E-state index contributed by atoms with van der Waals surface area (Å²) >= 11 is 2.65. The van der Waals surface area contributed by atoms with Crippen LogP contribution in [0.1, 0.15) is 48.2 Å². The molecule has 0 aliphatic carbocycles. The van der Waals surface area contributed by atoms with Gasteiger partial charge in [-0.2, -0.15) is 23.5 Å². The summed E-state index contributed by atoms with van der Waals surface area (Å²) in [5.74, 6) is -10.2. The minimum atomic E-state index is -1.86. The van der Waals surface area contributed by atoms with Crippen molar-refractivity contribution < 1.29 is 63.3 Å². The van der Waals surface area contributed by atoms with Gasteiger partial charge in [0.2, 0.25) is 41.4 Å². The molecule has 75 heavy (non-hydrogen) atoms. The second-order valence-electron chi connectivity index (χ2n) is 17.1. The SMILES string of the molecule is CSCC[C@H](NC(=O)[C@H](CC(=O)O)NC(=O)[C@H](Cc1ccccc1)NC(=O)[C@H](Cc1cnc[nH]1)NC(=O)[C@H](CCSC)NC(=O)[C@@H](N)CC(=O)O)C(=O)N[C@@H](Cc1cnc[nH]1)C(=O)N[C@@H](Cc1ccccc1)C(=O)O. The summed E-state index contributed by atoms with van der Waals surface area (Å²) in [6.45, 7) is 0. The second-order valence-corrected chi connectivity index (χ2v) is 19.0. The smallest absolute Gasteiger partial charge is 0.326 e. The third-order valence-corrected chi connectivity index (χ3v) is 12.6. The summed E-state index contributed by atoms with van der Waals surface area (Å²) < 4.78 is 0. The zero-order valence-corrected chi connectivity index (χ0v) is 42.6. The van der Waals surface area contributed by atoms with Crippen LogP contribution in [0.4, 0.5) is 0 Å². The third-order valence-electron chi connectivity index (χ3n) is 11.3. The van der Waals surface area contributed by atoms with Gasteiger partial charge in [0.15, 0.2) is 0 Å². The van der Waals surface area contributed by atoms with Gasteiger partial charge in [0.1, 0.15) is 42.3 Å². The second kappa shape index (κ2) is 31.1. The Morgan fingerprint density at radius 2 is 0.827 bits per heavy atom. The number of aromatic nitrogens is 4. The average Bonchev–Trinajstić information content (AvgIpc) is 4.10. The van der Waals surface area contributed by atoms with Gasteiger partial charge < -0.3 is 68.2 Å². The van der Waals surface area contributed by atoms with Crippen LogP contribution in [0.2, 0.25) is 0 Å². The molecule has 0 aliphatic heterocycles. The normalized spacial score (nSPS) is 14.2. The number of aromatic amines is 2. The van der Waals surface area contributed by atoms with Crippen molar-refractivity contribution in [3.63, 3.8) is 0 Å². The number of nitrogens with one attached hydrogen (secondary N) is 9. The predicted octanol–water partition coefficient (Wildman–Crippen LogP) is -1.34. The Kier molecular flexibility index (Phi) is 24.8. The molecule has 0 saturated carbocycles. The van der Waals surface area contributed by atoms with Crippen LogP contribution < -0.4 is 43.0 Å². The first kappa shape index (κ1) is 59.8. The Bertz CT molecular complexity index is 2530. The Balaban J connectivity index is 1.59. The number of H-pyrrole nitrogens is 2. The fourth-order valence-electron chi connectivity index (χ4n) is 7.35. The van der Waals surface area contributed by atoms with Gasteiger partial charge in [-0.25, -0.2) is 14.8 Å². The Hall–Kier alpha value is -7.78. The van der Waals surface area contributed by atoms with Crippen molar-refractivity contribution in [1.29, 1.82) is 0 Å². The monoisotopic (exact) mass is 1080 g/mol. The molecular formula is C48H62N12O13S2. The molecule has 14 N–H and O–H groups in total. The summed E-state index contributed by atoms with van der Waals surface area (Å²) in [4.78, 5) is 147. The van der Waals surface area contributed by atoms with E-state index in [4.69, 9.17) is 10.8 Å². The van der Waals surface area contributed by atoms with E-state index in [1.54, 1.807) is 73.2 Å². The number of benzene rings is 2. The topological polar surface area (TPSA) is 399 Å². The minimum absolute atomic E-state index is 0.0479. The highest BCUT2D eigenvalue weighted by molar-refractivity contribution is 7.98. The zero-order valence-electron chi connectivity index (χ0n) is 41.0. The molecule has 2 aromatic heterocycles. The highest BCUT2D eigenvalue weighted by Gasteiger charge is 2.36. The number of aliphatic carboxylic acids is 3. The van der Waals surface area contributed by atoms with E-state index >= 15 is 0 Å². The first-order valence-electron chi connectivity index (χ1n) is 23.4. The van der Waals surface area contributed by atoms with Crippen molar-refractivity contribution in [3.05, 3.63) is 108 Å². The van der Waals surface area contributed by atoms with Crippen LogP contribution in [0.15, 0.2) is 85.7 Å². The molecule has 0 bridgehead atoms. The van der Waals surface area contributed by atoms with Crippen LogP contribution in [-0.2, 0) is 73.6 Å². The first-order chi connectivity index (χ1) is 35.9. The van der Waals surface area contributed by atoms with Gasteiger partial charge in [0, 0.05) is 49.5 Å². The van der Waals surface area contributed by atoms with Gasteiger partial charge >= 0.3 is 17.9 Å². The van der Waals surface area contributed by atoms with Crippen LogP contribution in [0, 0.1) is 0 Å². The zero-order chi connectivity index (χ0) is 54.9. The highest BCUT2D eigenvalue weighted by atomic mass is 32.2. The predicted molar refractivity (Wildman–Crippen MR) is 275 cm³/mol. The van der Waals surface area contributed by atoms with E-state index in [0.29, 0.717) is 28.3 Å². The number of thioether (sulfide) groups is 2. The quantitative estimate of drug-likeness (QED) is 0.0263. The van der Waals surface area contributed by atoms with E-state index in [2.05, 4.69) is 57.2 Å². The van der Waals surface area contributed by atoms with Gasteiger partial charge in [-0.3, -0.25) is 43.2 Å². The standard InChI is InChI=1S/C48H62N12O13S2/c1-74-15-13-32(54-41(65)31(49)21-39(61)62)42(66)57-35(19-29-23-50-25-52-29)45(69)56-34(17-27-9-5-3-6-10-27)44(68)59-37(22-40(63)64)47(71)55-33(14-16-75-2)43(67)58-36(20-30-24-51-26-53-30)46(70)60-38(48(72)73)18-28-11-7-4-8-12-28/h3-12,23-26,31-38H,13-22,49H2,1-2H3,(H,50,52)(H,51,53)(H,54,65)(H,55,71)(H,56,69)(H,57,66)(H,58,67)(H,59,68)(H,60,70)(H,61,62)(H,63,64)(H,72,73)/t31-,32-,33-,34-,35-,36-,37-,38-/m0/s1. The van der Waals surface area contributed by atoms with E-state index in [-0.39, 0.29) is 44.3 Å². The fourth-order valence-corrected chi connectivity index (χ4v) is 8.29. The summed E-state index contributed by atoms with van der Waals surface area (Å²) in [6.07, 6.45) is 6.51. The summed E-state index contributed by atoms with van der Waals surface area (Å²) in [5, 5.41) is 46.8. The molecule has 4 rings (SSSR count). The van der Waals surface area contributed by atoms with E-state index < -0.39 is 120 Å². The van der Waals surface area contributed by atoms with Gasteiger partial charge in [0.25, 0.3) is 0 Å². The summed E-state index contributed by atoms with van der Waals surface area (Å²) in [6, 6.07) is 4.99. The number of nitrogens with two attached hydrogens (primary N) is 1. The number of hydrogen-bond acceptors (Lipinski definition) is 15. The summed E-state index contributed by atoms with van der Waals surface area (Å²) in [5.41, 5.74) is 7.65. The lowest BCUT2D eigenvalue weighted by atomic mass is 10.0. The Morgan fingerprint density at radius 1 is 0.480 bits per heavy atom. The number of carbonyl (C=O) groups is 10. The van der Waals surface area contributed by atoms with E-state index in [1.165, 1.54) is 48.6 Å². The van der Waals surface area contributed by atoms with Crippen molar-refractivity contribution >= 4 is 82.8 Å². The number of rotatable bonds is 33. The number of carbonyl (C=O) groups excluding carboxylic acids is 7. The van der Waals surface area contributed by atoms with Crippen LogP contribution in [0.25, 0.3) is 0 Å². The van der Waals surface area contributed by atoms with Gasteiger partial charge in [0.05, 0.1) is 31.5 Å². The molecule has 0 aliphatic rings. The highest BCUT2D eigenvalue weighted by Crippen LogP contribution is 2.12. The van der Waals surface area contributed by atoms with E-state index in [1.807, 2.05) is 0 Å². The first-order valence-corrected chi connectivity index (χ1v) is 26.2. The molecule has 0 fully saturated rings. The molecule has 2 aromatic carbocycles. The molecule has 27 heteroatoms. The van der Waals surface area contributed by atoms with Crippen molar-refractivity contribution in [2.45, 2.75) is 99.7 Å². The van der Waals surface area contributed by atoms with E-state index in [0.717, 1.165) is 0 Å².